The van der Waals surface area contributed by atoms with Gasteiger partial charge in [-0.15, -0.1) is 0 Å². The van der Waals surface area contributed by atoms with Gasteiger partial charge in [0.2, 0.25) is 11.8 Å². The summed E-state index contributed by atoms with van der Waals surface area (Å²) in [4.78, 5) is 21.8. The van der Waals surface area contributed by atoms with Crippen molar-refractivity contribution in [2.24, 2.45) is 5.41 Å². The summed E-state index contributed by atoms with van der Waals surface area (Å²) < 4.78 is 4.97. The Balaban J connectivity index is 1.55. The maximum absolute atomic E-state index is 12.8. The van der Waals surface area contributed by atoms with Gasteiger partial charge < -0.3 is 14.7 Å². The zero-order valence-electron chi connectivity index (χ0n) is 15.8. The molecular formula is C18H31N5O2. The SMILES string of the molecule is CCCN1CC2(CCN(C)CC2)CC1C(=O)NCCc1noc(C)n1. The highest BCUT2D eigenvalue weighted by Crippen LogP contribution is 2.43. The second-order valence-corrected chi connectivity index (χ2v) is 7.76. The topological polar surface area (TPSA) is 74.5 Å². The van der Waals surface area contributed by atoms with Crippen LogP contribution in [-0.2, 0) is 11.2 Å². The summed E-state index contributed by atoms with van der Waals surface area (Å²) in [6.07, 6.45) is 5.10. The predicted octanol–water partition coefficient (Wildman–Crippen LogP) is 1.23. The summed E-state index contributed by atoms with van der Waals surface area (Å²) in [5.74, 6) is 1.38. The van der Waals surface area contributed by atoms with Crippen LogP contribution >= 0.6 is 0 Å². The fourth-order valence-electron chi connectivity index (χ4n) is 4.24. The average Bonchev–Trinajstić information content (AvgIpc) is 3.15. The van der Waals surface area contributed by atoms with Crippen LogP contribution in [-0.4, -0.2) is 71.7 Å². The predicted molar refractivity (Wildman–Crippen MR) is 95.2 cm³/mol. The molecule has 3 rings (SSSR count). The first-order chi connectivity index (χ1) is 12.0. The van der Waals surface area contributed by atoms with E-state index in [1.807, 2.05) is 0 Å². The van der Waals surface area contributed by atoms with E-state index in [0.717, 1.165) is 39.0 Å². The van der Waals surface area contributed by atoms with E-state index in [0.29, 0.717) is 30.1 Å². The molecule has 1 spiro atoms. The number of amides is 1. The number of aryl methyl sites for hydroxylation is 1. The second kappa shape index (κ2) is 7.83. The first-order valence-electron chi connectivity index (χ1n) is 9.51. The van der Waals surface area contributed by atoms with Gasteiger partial charge >= 0.3 is 0 Å². The van der Waals surface area contributed by atoms with Crippen molar-refractivity contribution in [1.82, 2.24) is 25.3 Å². The van der Waals surface area contributed by atoms with E-state index < -0.39 is 0 Å². The Bertz CT molecular complexity index is 580. The molecule has 1 aromatic rings. The van der Waals surface area contributed by atoms with Crippen LogP contribution in [0, 0.1) is 12.3 Å². The fourth-order valence-corrected chi connectivity index (χ4v) is 4.24. The van der Waals surface area contributed by atoms with Crippen LogP contribution in [0.3, 0.4) is 0 Å². The van der Waals surface area contributed by atoms with E-state index in [2.05, 4.69) is 39.2 Å². The third-order valence-corrected chi connectivity index (χ3v) is 5.68. The average molecular weight is 349 g/mol. The zero-order chi connectivity index (χ0) is 17.9. The van der Waals surface area contributed by atoms with Crippen LogP contribution in [0.5, 0.6) is 0 Å². The summed E-state index contributed by atoms with van der Waals surface area (Å²) in [6.45, 7) is 8.88. The number of nitrogens with one attached hydrogen (secondary N) is 1. The van der Waals surface area contributed by atoms with E-state index in [4.69, 9.17) is 4.52 Å². The number of hydrogen-bond acceptors (Lipinski definition) is 6. The molecule has 0 aromatic carbocycles. The highest BCUT2D eigenvalue weighted by molar-refractivity contribution is 5.82. The van der Waals surface area contributed by atoms with E-state index in [1.54, 1.807) is 6.92 Å². The molecule has 7 nitrogen and oxygen atoms in total. The number of piperidine rings is 1. The Morgan fingerprint density at radius 1 is 1.40 bits per heavy atom. The van der Waals surface area contributed by atoms with E-state index in [9.17, 15) is 4.79 Å². The number of aromatic nitrogens is 2. The molecule has 1 amide bonds. The third kappa shape index (κ3) is 4.39. The van der Waals surface area contributed by atoms with Crippen molar-refractivity contribution in [3.05, 3.63) is 11.7 Å². The quantitative estimate of drug-likeness (QED) is 0.833. The fraction of sp³-hybridized carbons (Fsp3) is 0.833. The maximum atomic E-state index is 12.8. The van der Waals surface area contributed by atoms with E-state index in [1.165, 1.54) is 12.8 Å². The molecule has 0 aliphatic carbocycles. The molecule has 140 valence electrons. The Morgan fingerprint density at radius 3 is 2.80 bits per heavy atom. The van der Waals surface area contributed by atoms with Gasteiger partial charge in [-0.3, -0.25) is 9.69 Å². The van der Waals surface area contributed by atoms with E-state index in [-0.39, 0.29) is 11.9 Å². The largest absolute Gasteiger partial charge is 0.354 e. The maximum Gasteiger partial charge on any atom is 0.237 e. The smallest absolute Gasteiger partial charge is 0.237 e. The molecule has 0 radical (unpaired) electrons. The molecule has 3 heterocycles. The lowest BCUT2D eigenvalue weighted by molar-refractivity contribution is -0.125. The highest BCUT2D eigenvalue weighted by Gasteiger charge is 2.47. The first kappa shape index (κ1) is 18.3. The molecule has 1 atom stereocenters. The Kier molecular flexibility index (Phi) is 5.74. The molecule has 0 saturated carbocycles. The van der Waals surface area contributed by atoms with Crippen molar-refractivity contribution in [3.8, 4) is 0 Å². The Labute approximate surface area is 150 Å². The standard InChI is InChI=1S/C18H31N5O2/c1-4-9-23-13-18(6-10-22(3)11-7-18)12-15(23)17(24)19-8-5-16-20-14(2)25-21-16/h15H,4-13H2,1-3H3,(H,19,24). The molecule has 1 N–H and O–H groups in total. The summed E-state index contributed by atoms with van der Waals surface area (Å²) in [6, 6.07) is 0.00959. The number of nitrogens with zero attached hydrogens (tertiary/aromatic N) is 4. The number of carbonyl (C=O) groups excluding carboxylic acids is 1. The van der Waals surface area contributed by atoms with Crippen LogP contribution in [0.4, 0.5) is 0 Å². The van der Waals surface area contributed by atoms with Gasteiger partial charge in [-0.25, -0.2) is 0 Å². The molecule has 1 aromatic heterocycles. The molecule has 2 aliphatic rings. The summed E-state index contributed by atoms with van der Waals surface area (Å²) >= 11 is 0. The lowest BCUT2D eigenvalue weighted by atomic mass is 9.76. The lowest BCUT2D eigenvalue weighted by Crippen LogP contribution is -2.44. The van der Waals surface area contributed by atoms with Gasteiger partial charge in [0.1, 0.15) is 0 Å². The molecule has 2 aliphatic heterocycles. The van der Waals surface area contributed by atoms with Crippen LogP contribution in [0.15, 0.2) is 4.52 Å². The van der Waals surface area contributed by atoms with Gasteiger partial charge in [0.05, 0.1) is 6.04 Å². The van der Waals surface area contributed by atoms with E-state index >= 15 is 0 Å². The number of hydrogen-bond donors (Lipinski definition) is 1. The number of likely N-dealkylation sites (tertiary alicyclic amines) is 2. The minimum absolute atomic E-state index is 0.00959. The minimum atomic E-state index is 0.00959. The van der Waals surface area contributed by atoms with Gasteiger partial charge in [0.15, 0.2) is 5.82 Å². The molecular weight excluding hydrogens is 318 g/mol. The Morgan fingerprint density at radius 2 is 2.16 bits per heavy atom. The van der Waals surface area contributed by atoms with Crippen molar-refractivity contribution in [1.29, 1.82) is 0 Å². The second-order valence-electron chi connectivity index (χ2n) is 7.76. The van der Waals surface area contributed by atoms with Gasteiger partial charge in [0, 0.05) is 26.4 Å². The third-order valence-electron chi connectivity index (χ3n) is 5.68. The molecule has 2 saturated heterocycles. The van der Waals surface area contributed by atoms with Crippen molar-refractivity contribution < 1.29 is 9.32 Å². The van der Waals surface area contributed by atoms with Crippen LogP contribution in [0.1, 0.15) is 44.3 Å². The van der Waals surface area contributed by atoms with Gasteiger partial charge in [0.25, 0.3) is 0 Å². The molecule has 0 bridgehead atoms. The summed E-state index contributed by atoms with van der Waals surface area (Å²) in [5, 5.41) is 6.97. The van der Waals surface area contributed by atoms with Crippen LogP contribution < -0.4 is 5.32 Å². The van der Waals surface area contributed by atoms with Gasteiger partial charge in [-0.2, -0.15) is 4.98 Å². The summed E-state index contributed by atoms with van der Waals surface area (Å²) in [5.41, 5.74) is 0.328. The number of carbonyl (C=O) groups is 1. The van der Waals surface area contributed by atoms with Crippen molar-refractivity contribution in [2.45, 2.75) is 52.0 Å². The van der Waals surface area contributed by atoms with Crippen LogP contribution in [0.25, 0.3) is 0 Å². The Hall–Kier alpha value is -1.47. The molecule has 7 heteroatoms. The van der Waals surface area contributed by atoms with Crippen molar-refractivity contribution in [3.63, 3.8) is 0 Å². The highest BCUT2D eigenvalue weighted by atomic mass is 16.5. The monoisotopic (exact) mass is 349 g/mol. The normalized spacial score (nSPS) is 24.0. The molecule has 1 unspecified atom stereocenters. The summed E-state index contributed by atoms with van der Waals surface area (Å²) in [7, 11) is 2.19. The molecule has 2 fully saturated rings. The zero-order valence-corrected chi connectivity index (χ0v) is 15.8. The van der Waals surface area contributed by atoms with Gasteiger partial charge in [-0.05, 0) is 57.8 Å². The van der Waals surface area contributed by atoms with Crippen molar-refractivity contribution in [2.75, 3.05) is 39.8 Å². The lowest BCUT2D eigenvalue weighted by Gasteiger charge is -2.37. The minimum Gasteiger partial charge on any atom is -0.354 e. The number of rotatable bonds is 6. The van der Waals surface area contributed by atoms with Crippen LogP contribution in [0.2, 0.25) is 0 Å². The first-order valence-corrected chi connectivity index (χ1v) is 9.51. The van der Waals surface area contributed by atoms with Gasteiger partial charge in [-0.1, -0.05) is 12.1 Å². The molecule has 25 heavy (non-hydrogen) atoms. The van der Waals surface area contributed by atoms with Crippen molar-refractivity contribution >= 4 is 5.91 Å².